The summed E-state index contributed by atoms with van der Waals surface area (Å²) in [5, 5.41) is 30.9. The Bertz CT molecular complexity index is 574. The lowest BCUT2D eigenvalue weighted by Gasteiger charge is -2.21. The number of aromatic nitrogens is 2. The summed E-state index contributed by atoms with van der Waals surface area (Å²) in [4.78, 5) is 0. The molecule has 0 spiro atoms. The van der Waals surface area contributed by atoms with Gasteiger partial charge in [-0.05, 0) is 29.8 Å². The van der Waals surface area contributed by atoms with Gasteiger partial charge in [-0.2, -0.15) is 5.10 Å². The Morgan fingerprint density at radius 3 is 2.84 bits per heavy atom. The summed E-state index contributed by atoms with van der Waals surface area (Å²) in [5.41, 5.74) is 3.41. The van der Waals surface area contributed by atoms with Crippen molar-refractivity contribution in [1.82, 2.24) is 10.2 Å². The highest BCUT2D eigenvalue weighted by Crippen LogP contribution is 2.12. The Hall–Kier alpha value is -2.22. The molecule has 7 nitrogen and oxygen atoms in total. The summed E-state index contributed by atoms with van der Waals surface area (Å²) in [6, 6.07) is 9.50. The highest BCUT2D eigenvalue weighted by Gasteiger charge is 1.95. The zero-order chi connectivity index (χ0) is 13.7. The van der Waals surface area contributed by atoms with Crippen molar-refractivity contribution in [3.63, 3.8) is 0 Å². The third-order valence-electron chi connectivity index (χ3n) is 2.12. The molecule has 0 fully saturated rings. The van der Waals surface area contributed by atoms with Gasteiger partial charge in [-0.15, -0.1) is 10.2 Å². The molecule has 0 amide bonds. The molecule has 2 N–H and O–H groups in total. The van der Waals surface area contributed by atoms with Gasteiger partial charge in [-0.1, -0.05) is 23.7 Å². The van der Waals surface area contributed by atoms with Crippen molar-refractivity contribution in [1.29, 1.82) is 0 Å². The first kappa shape index (κ1) is 13.2. The summed E-state index contributed by atoms with van der Waals surface area (Å²) in [6.07, 6.45) is 1.48. The Balaban J connectivity index is 2.02. The van der Waals surface area contributed by atoms with Gasteiger partial charge in [0.1, 0.15) is 0 Å². The first-order chi connectivity index (χ1) is 9.15. The van der Waals surface area contributed by atoms with E-state index in [-0.39, 0.29) is 10.9 Å². The summed E-state index contributed by atoms with van der Waals surface area (Å²) in [5.74, 6) is 0.435. The fraction of sp³-hybridized carbons (Fsp3) is 0. The van der Waals surface area contributed by atoms with Crippen LogP contribution in [0.2, 0.25) is 5.15 Å². The van der Waals surface area contributed by atoms with Gasteiger partial charge < -0.3 is 10.4 Å². The van der Waals surface area contributed by atoms with Gasteiger partial charge in [0, 0.05) is 0 Å². The summed E-state index contributed by atoms with van der Waals surface area (Å²) < 4.78 is 0. The van der Waals surface area contributed by atoms with Crippen LogP contribution in [0.1, 0.15) is 5.56 Å². The molecule has 0 unspecified atom stereocenters. The molecular weight excluding hydrogens is 270 g/mol. The molecule has 0 saturated carbocycles. The van der Waals surface area contributed by atoms with Crippen LogP contribution in [0.15, 0.2) is 41.5 Å². The molecule has 2 aromatic rings. The molecule has 0 bridgehead atoms. The van der Waals surface area contributed by atoms with Crippen LogP contribution in [0.3, 0.4) is 0 Å². The first-order valence-corrected chi connectivity index (χ1v) is 5.57. The summed E-state index contributed by atoms with van der Waals surface area (Å²) in [7, 11) is 0. The second-order valence-electron chi connectivity index (χ2n) is 3.48. The number of nitrogens with one attached hydrogen (secondary N) is 1. The van der Waals surface area contributed by atoms with Crippen LogP contribution in [0, 0.1) is 5.21 Å². The molecule has 8 heteroatoms. The highest BCUT2D eigenvalue weighted by atomic mass is 35.5. The van der Waals surface area contributed by atoms with Gasteiger partial charge in [-0.25, -0.2) is 0 Å². The molecule has 0 aliphatic heterocycles. The molecule has 2 rings (SSSR count). The van der Waals surface area contributed by atoms with Crippen molar-refractivity contribution < 1.29 is 5.21 Å². The van der Waals surface area contributed by atoms with Gasteiger partial charge in [0.25, 0.3) is 0 Å². The number of anilines is 2. The topological polar surface area (TPSA) is 96.7 Å². The normalized spacial score (nSPS) is 10.7. The van der Waals surface area contributed by atoms with Crippen LogP contribution in [-0.2, 0) is 0 Å². The minimum absolute atomic E-state index is 0.121. The quantitative estimate of drug-likeness (QED) is 0.658. The fourth-order valence-corrected chi connectivity index (χ4v) is 1.37. The maximum atomic E-state index is 10.7. The number of hydrazone groups is 1. The van der Waals surface area contributed by atoms with E-state index in [1.165, 1.54) is 18.3 Å². The van der Waals surface area contributed by atoms with E-state index in [0.29, 0.717) is 16.5 Å². The largest absolute Gasteiger partial charge is 0.733 e. The van der Waals surface area contributed by atoms with Crippen LogP contribution in [0.25, 0.3) is 0 Å². The molecule has 0 saturated heterocycles. The van der Waals surface area contributed by atoms with Crippen molar-refractivity contribution in [2.45, 2.75) is 0 Å². The maximum Gasteiger partial charge on any atom is 0.168 e. The lowest BCUT2D eigenvalue weighted by molar-refractivity contribution is 0.296. The average Bonchev–Trinajstić information content (AvgIpc) is 2.41. The average molecular weight is 279 g/mol. The maximum absolute atomic E-state index is 10.7. The molecule has 19 heavy (non-hydrogen) atoms. The predicted octanol–water partition coefficient (Wildman–Crippen LogP) is 2.27. The monoisotopic (exact) mass is 278 g/mol. The van der Waals surface area contributed by atoms with Gasteiger partial charge in [0.2, 0.25) is 0 Å². The van der Waals surface area contributed by atoms with E-state index >= 15 is 0 Å². The molecule has 1 aromatic carbocycles. The Kier molecular flexibility index (Phi) is 4.24. The minimum atomic E-state index is -0.213. The molecule has 0 radical (unpaired) electrons. The number of hydrogen-bond acceptors (Lipinski definition) is 7. The second-order valence-corrected chi connectivity index (χ2v) is 3.87. The van der Waals surface area contributed by atoms with E-state index in [0.717, 1.165) is 0 Å². The standard InChI is InChI=1S/C11H9ClN5O2/c12-10-4-5-11(16-14-10)15-13-7-8-2-1-3-9(6-8)17(18)19/h1-7,18H,(H,15,16)/q-1. The number of nitrogens with zero attached hydrogens (tertiary/aromatic N) is 4. The van der Waals surface area contributed by atoms with E-state index < -0.39 is 0 Å². The highest BCUT2D eigenvalue weighted by molar-refractivity contribution is 6.29. The lowest BCUT2D eigenvalue weighted by Crippen LogP contribution is -2.07. The van der Waals surface area contributed by atoms with E-state index in [2.05, 4.69) is 20.7 Å². The van der Waals surface area contributed by atoms with Gasteiger partial charge in [0.05, 0.1) is 11.9 Å². The predicted molar refractivity (Wildman–Crippen MR) is 72.3 cm³/mol. The summed E-state index contributed by atoms with van der Waals surface area (Å²) in [6.45, 7) is 0. The van der Waals surface area contributed by atoms with Gasteiger partial charge in [0.15, 0.2) is 11.0 Å². The van der Waals surface area contributed by atoms with E-state index in [9.17, 15) is 5.21 Å². The van der Waals surface area contributed by atoms with Crippen LogP contribution < -0.4 is 10.7 Å². The van der Waals surface area contributed by atoms with Gasteiger partial charge >= 0.3 is 0 Å². The molecule has 0 aliphatic carbocycles. The third kappa shape index (κ3) is 3.88. The zero-order valence-corrected chi connectivity index (χ0v) is 10.3. The van der Waals surface area contributed by atoms with Crippen LogP contribution >= 0.6 is 11.6 Å². The van der Waals surface area contributed by atoms with E-state index in [4.69, 9.17) is 16.8 Å². The van der Waals surface area contributed by atoms with Crippen molar-refractivity contribution in [3.05, 3.63) is 52.3 Å². The van der Waals surface area contributed by atoms with E-state index in [1.807, 2.05) is 0 Å². The van der Waals surface area contributed by atoms with Gasteiger partial charge in [-0.3, -0.25) is 10.6 Å². The van der Waals surface area contributed by atoms with Crippen molar-refractivity contribution in [2.24, 2.45) is 5.10 Å². The van der Waals surface area contributed by atoms with Crippen molar-refractivity contribution in [2.75, 3.05) is 10.7 Å². The van der Waals surface area contributed by atoms with Crippen LogP contribution in [0.4, 0.5) is 11.5 Å². The number of halogens is 1. The SMILES string of the molecule is [O-]N(O)c1cccc(C=NNc2ccc(Cl)nn2)c1. The Labute approximate surface area is 113 Å². The first-order valence-electron chi connectivity index (χ1n) is 5.19. The molecule has 0 atom stereocenters. The Morgan fingerprint density at radius 2 is 2.16 bits per heavy atom. The number of benzene rings is 1. The molecule has 1 heterocycles. The zero-order valence-electron chi connectivity index (χ0n) is 9.56. The fourth-order valence-electron chi connectivity index (χ4n) is 1.27. The molecular formula is C11H9ClN5O2-. The minimum Gasteiger partial charge on any atom is -0.733 e. The molecule has 1 aromatic heterocycles. The number of hydrogen-bond donors (Lipinski definition) is 2. The van der Waals surface area contributed by atoms with E-state index in [1.54, 1.807) is 24.3 Å². The summed E-state index contributed by atoms with van der Waals surface area (Å²) >= 11 is 5.59. The third-order valence-corrected chi connectivity index (χ3v) is 2.32. The second kappa shape index (κ2) is 6.10. The van der Waals surface area contributed by atoms with Crippen molar-refractivity contribution in [3.8, 4) is 0 Å². The Morgan fingerprint density at radius 1 is 1.32 bits per heavy atom. The van der Waals surface area contributed by atoms with Crippen molar-refractivity contribution >= 4 is 29.3 Å². The number of rotatable bonds is 4. The lowest BCUT2D eigenvalue weighted by atomic mass is 10.2. The van der Waals surface area contributed by atoms with Crippen LogP contribution in [0.5, 0.6) is 0 Å². The smallest absolute Gasteiger partial charge is 0.168 e. The molecule has 98 valence electrons. The molecule has 0 aliphatic rings. The van der Waals surface area contributed by atoms with Crippen LogP contribution in [-0.4, -0.2) is 21.6 Å².